The Balaban J connectivity index is 1.41. The van der Waals surface area contributed by atoms with Crippen LogP contribution in [0.3, 0.4) is 0 Å². The Labute approximate surface area is 171 Å². The summed E-state index contributed by atoms with van der Waals surface area (Å²) in [5.74, 6) is 3.91. The van der Waals surface area contributed by atoms with Gasteiger partial charge in [0.15, 0.2) is 11.5 Å². The van der Waals surface area contributed by atoms with E-state index in [-0.39, 0.29) is 6.10 Å². The Morgan fingerprint density at radius 2 is 1.93 bits per heavy atom. The summed E-state index contributed by atoms with van der Waals surface area (Å²) in [6.45, 7) is 5.91. The number of hydrogen-bond donors (Lipinski definition) is 0. The summed E-state index contributed by atoms with van der Waals surface area (Å²) in [6.07, 6.45) is -0.0224. The molecule has 1 aliphatic heterocycles. The number of aromatic nitrogens is 1. The number of ether oxygens (including phenoxy) is 3. The number of rotatable bonds is 6. The predicted octanol–water partition coefficient (Wildman–Crippen LogP) is 4.24. The molecule has 1 aromatic heterocycles. The highest BCUT2D eigenvalue weighted by molar-refractivity contribution is 5.57. The number of fused-ring (bicyclic) bond motifs is 1. The van der Waals surface area contributed by atoms with Crippen molar-refractivity contribution in [2.75, 3.05) is 27.3 Å². The first kappa shape index (κ1) is 19.3. The highest BCUT2D eigenvalue weighted by Crippen LogP contribution is 2.31. The van der Waals surface area contributed by atoms with Crippen LogP contribution in [0.1, 0.15) is 17.0 Å². The van der Waals surface area contributed by atoms with Gasteiger partial charge in [-0.05, 0) is 56.8 Å². The van der Waals surface area contributed by atoms with E-state index in [1.807, 2.05) is 56.3 Å². The third-order valence-corrected chi connectivity index (χ3v) is 5.04. The van der Waals surface area contributed by atoms with Gasteiger partial charge in [0, 0.05) is 18.7 Å². The van der Waals surface area contributed by atoms with E-state index in [0.29, 0.717) is 19.0 Å². The summed E-state index contributed by atoms with van der Waals surface area (Å²) in [4.78, 5) is 6.90. The summed E-state index contributed by atoms with van der Waals surface area (Å²) in [5.41, 5.74) is 2.92. The molecule has 6 nitrogen and oxygen atoms in total. The summed E-state index contributed by atoms with van der Waals surface area (Å²) >= 11 is 0. The lowest BCUT2D eigenvalue weighted by Crippen LogP contribution is -2.39. The van der Waals surface area contributed by atoms with E-state index < -0.39 is 0 Å². The van der Waals surface area contributed by atoms with Gasteiger partial charge in [0.2, 0.25) is 5.89 Å². The number of likely N-dealkylation sites (N-methyl/N-ethyl adjacent to an activating group) is 1. The van der Waals surface area contributed by atoms with Crippen molar-refractivity contribution >= 4 is 0 Å². The van der Waals surface area contributed by atoms with Crippen LogP contribution in [0.2, 0.25) is 0 Å². The van der Waals surface area contributed by atoms with Gasteiger partial charge in [-0.25, -0.2) is 4.98 Å². The number of hydrogen-bond acceptors (Lipinski definition) is 6. The van der Waals surface area contributed by atoms with E-state index in [0.717, 1.165) is 46.4 Å². The summed E-state index contributed by atoms with van der Waals surface area (Å²) in [7, 11) is 3.72. The van der Waals surface area contributed by atoms with Crippen LogP contribution in [0, 0.1) is 13.8 Å². The van der Waals surface area contributed by atoms with Crippen LogP contribution in [0.15, 0.2) is 46.9 Å². The molecule has 29 heavy (non-hydrogen) atoms. The average molecular weight is 394 g/mol. The van der Waals surface area contributed by atoms with Crippen molar-refractivity contribution in [1.82, 2.24) is 9.88 Å². The lowest BCUT2D eigenvalue weighted by molar-refractivity contribution is 0.0634. The number of oxazole rings is 1. The van der Waals surface area contributed by atoms with Crippen LogP contribution in [0.5, 0.6) is 17.2 Å². The van der Waals surface area contributed by atoms with Crippen LogP contribution >= 0.6 is 0 Å². The quantitative estimate of drug-likeness (QED) is 0.623. The topological polar surface area (TPSA) is 57.0 Å². The maximum atomic E-state index is 6.06. The van der Waals surface area contributed by atoms with Crippen molar-refractivity contribution in [3.8, 4) is 28.7 Å². The summed E-state index contributed by atoms with van der Waals surface area (Å²) < 4.78 is 23.1. The Morgan fingerprint density at radius 1 is 1.14 bits per heavy atom. The molecule has 0 saturated carbocycles. The number of methoxy groups -OCH3 is 1. The fourth-order valence-corrected chi connectivity index (χ4v) is 3.53. The second kappa shape index (κ2) is 8.17. The molecule has 2 heterocycles. The lowest BCUT2D eigenvalue weighted by Gasteiger charge is -2.29. The molecule has 0 spiro atoms. The fraction of sp³-hybridized carbons (Fsp3) is 0.348. The van der Waals surface area contributed by atoms with Crippen LogP contribution in [0.4, 0.5) is 0 Å². The monoisotopic (exact) mass is 394 g/mol. The van der Waals surface area contributed by atoms with Gasteiger partial charge in [-0.2, -0.15) is 0 Å². The van der Waals surface area contributed by atoms with Crippen LogP contribution < -0.4 is 14.2 Å². The lowest BCUT2D eigenvalue weighted by atomic mass is 10.1. The zero-order valence-electron chi connectivity index (χ0n) is 17.3. The van der Waals surface area contributed by atoms with Gasteiger partial charge in [0.1, 0.15) is 24.2 Å². The van der Waals surface area contributed by atoms with Gasteiger partial charge in [-0.1, -0.05) is 12.1 Å². The van der Waals surface area contributed by atoms with Gasteiger partial charge in [0.05, 0.1) is 12.8 Å². The van der Waals surface area contributed by atoms with Crippen molar-refractivity contribution in [1.29, 1.82) is 0 Å². The van der Waals surface area contributed by atoms with Gasteiger partial charge in [0.25, 0.3) is 0 Å². The van der Waals surface area contributed by atoms with Crippen molar-refractivity contribution in [2.24, 2.45) is 0 Å². The molecular formula is C23H26N2O4. The van der Waals surface area contributed by atoms with Crippen molar-refractivity contribution in [3.05, 3.63) is 59.5 Å². The molecule has 0 aliphatic carbocycles. The number of aryl methyl sites for hydroxylation is 2. The Kier molecular flexibility index (Phi) is 5.45. The molecule has 0 saturated heterocycles. The van der Waals surface area contributed by atoms with Gasteiger partial charge >= 0.3 is 0 Å². The highest BCUT2D eigenvalue weighted by Gasteiger charge is 2.23. The molecule has 0 amide bonds. The molecule has 2 aromatic carbocycles. The minimum atomic E-state index is -0.0224. The van der Waals surface area contributed by atoms with E-state index in [9.17, 15) is 0 Å². The van der Waals surface area contributed by atoms with E-state index in [1.54, 1.807) is 7.11 Å². The largest absolute Gasteiger partial charge is 0.496 e. The zero-order chi connectivity index (χ0) is 20.4. The molecule has 4 rings (SSSR count). The number of benzene rings is 2. The van der Waals surface area contributed by atoms with E-state index in [4.69, 9.17) is 23.6 Å². The van der Waals surface area contributed by atoms with Crippen LogP contribution in [-0.4, -0.2) is 43.3 Å². The third-order valence-electron chi connectivity index (χ3n) is 5.04. The minimum absolute atomic E-state index is 0.0224. The molecule has 0 bridgehead atoms. The molecule has 1 atom stereocenters. The van der Waals surface area contributed by atoms with Crippen LogP contribution in [-0.2, 0) is 6.54 Å². The first-order valence-electron chi connectivity index (χ1n) is 9.72. The third kappa shape index (κ3) is 4.22. The smallest absolute Gasteiger partial charge is 0.226 e. The normalized spacial score (nSPS) is 15.6. The minimum Gasteiger partial charge on any atom is -0.496 e. The second-order valence-corrected chi connectivity index (χ2v) is 7.40. The highest BCUT2D eigenvalue weighted by atomic mass is 16.6. The number of para-hydroxylation sites is 2. The van der Waals surface area contributed by atoms with E-state index >= 15 is 0 Å². The van der Waals surface area contributed by atoms with Crippen molar-refractivity contribution in [2.45, 2.75) is 26.5 Å². The Hall–Kier alpha value is -2.99. The first-order valence-corrected chi connectivity index (χ1v) is 9.72. The van der Waals surface area contributed by atoms with Crippen LogP contribution in [0.25, 0.3) is 11.5 Å². The maximum absolute atomic E-state index is 6.06. The molecule has 152 valence electrons. The molecule has 1 aliphatic rings. The summed E-state index contributed by atoms with van der Waals surface area (Å²) in [6, 6.07) is 13.7. The van der Waals surface area contributed by atoms with Gasteiger partial charge in [-0.3, -0.25) is 4.90 Å². The molecule has 0 fully saturated rings. The maximum Gasteiger partial charge on any atom is 0.226 e. The Bertz CT molecular complexity index is 998. The predicted molar refractivity (Wildman–Crippen MR) is 111 cm³/mol. The fourth-order valence-electron chi connectivity index (χ4n) is 3.53. The van der Waals surface area contributed by atoms with E-state index in [2.05, 4.69) is 11.9 Å². The number of nitrogens with zero attached hydrogens (tertiary/aromatic N) is 2. The molecule has 6 heteroatoms. The van der Waals surface area contributed by atoms with Gasteiger partial charge in [-0.15, -0.1) is 0 Å². The molecule has 3 aromatic rings. The summed E-state index contributed by atoms with van der Waals surface area (Å²) in [5, 5.41) is 0. The molecule has 0 N–H and O–H groups in total. The SMILES string of the molecule is COc1ccc(-c2nc(CN(C)C[C@@H]3COc4ccccc4O3)c(C)o2)cc1C. The molecule has 0 unspecified atom stereocenters. The molecular weight excluding hydrogens is 368 g/mol. The van der Waals surface area contributed by atoms with Crippen molar-refractivity contribution < 1.29 is 18.6 Å². The average Bonchev–Trinajstić information content (AvgIpc) is 3.08. The van der Waals surface area contributed by atoms with E-state index in [1.165, 1.54) is 0 Å². The zero-order valence-corrected chi connectivity index (χ0v) is 17.3. The van der Waals surface area contributed by atoms with Gasteiger partial charge < -0.3 is 18.6 Å². The first-order chi connectivity index (χ1) is 14.0. The second-order valence-electron chi connectivity index (χ2n) is 7.40. The molecule has 0 radical (unpaired) electrons. The van der Waals surface area contributed by atoms with Crippen molar-refractivity contribution in [3.63, 3.8) is 0 Å². The Morgan fingerprint density at radius 3 is 2.69 bits per heavy atom. The standard InChI is InChI=1S/C23H26N2O4/c1-15-11-17(9-10-20(15)26-4)23-24-19(16(2)28-23)13-25(3)12-18-14-27-21-7-5-6-8-22(21)29-18/h5-11,18H,12-14H2,1-4H3/t18-/m1/s1.